The van der Waals surface area contributed by atoms with Gasteiger partial charge in [0.2, 0.25) is 0 Å². The summed E-state index contributed by atoms with van der Waals surface area (Å²) in [5, 5.41) is 21.7. The van der Waals surface area contributed by atoms with Crippen molar-refractivity contribution < 1.29 is 9.90 Å². The lowest BCUT2D eigenvalue weighted by Crippen LogP contribution is -2.43. The van der Waals surface area contributed by atoms with E-state index in [0.717, 1.165) is 12.8 Å². The van der Waals surface area contributed by atoms with E-state index in [2.05, 4.69) is 22.3 Å². The molecule has 1 heterocycles. The zero-order valence-electron chi connectivity index (χ0n) is 10.3. The second-order valence-corrected chi connectivity index (χ2v) is 5.01. The summed E-state index contributed by atoms with van der Waals surface area (Å²) >= 11 is 0. The van der Waals surface area contributed by atoms with Crippen LogP contribution in [-0.2, 0) is 18.3 Å². The Bertz CT molecular complexity index is 407. The molecule has 0 atom stereocenters. The van der Waals surface area contributed by atoms with Crippen LogP contribution in [0.2, 0.25) is 0 Å². The van der Waals surface area contributed by atoms with Crippen molar-refractivity contribution in [3.63, 3.8) is 0 Å². The second-order valence-electron chi connectivity index (χ2n) is 5.01. The highest BCUT2D eigenvalue weighted by Crippen LogP contribution is 2.32. The molecule has 0 saturated heterocycles. The molecule has 94 valence electrons. The molecule has 1 saturated carbocycles. The van der Waals surface area contributed by atoms with Crippen LogP contribution < -0.4 is 0 Å². The molecule has 2 rings (SSSR count). The highest BCUT2D eigenvalue weighted by Gasteiger charge is 2.38. The molecule has 1 aromatic heterocycles. The third-order valence-corrected chi connectivity index (χ3v) is 3.49. The smallest absolute Gasteiger partial charge is 0.182 e. The Morgan fingerprint density at radius 1 is 1.53 bits per heavy atom. The predicted octanol–water partition coefficient (Wildman–Crippen LogP) is 0.263. The number of tetrazole rings is 1. The van der Waals surface area contributed by atoms with Crippen LogP contribution in [0, 0.1) is 5.92 Å². The van der Waals surface area contributed by atoms with Gasteiger partial charge in [0.15, 0.2) is 11.6 Å². The topological polar surface area (TPSA) is 80.9 Å². The van der Waals surface area contributed by atoms with E-state index >= 15 is 0 Å². The minimum Gasteiger partial charge on any atom is -0.382 e. The van der Waals surface area contributed by atoms with Crippen LogP contribution in [0.25, 0.3) is 0 Å². The largest absolute Gasteiger partial charge is 0.382 e. The summed E-state index contributed by atoms with van der Waals surface area (Å²) < 4.78 is 0. The Morgan fingerprint density at radius 3 is 2.71 bits per heavy atom. The Labute approximate surface area is 100 Å². The third-order valence-electron chi connectivity index (χ3n) is 3.49. The molecule has 6 heteroatoms. The summed E-state index contributed by atoms with van der Waals surface area (Å²) in [7, 11) is 1.65. The average Bonchev–Trinajstić information content (AvgIpc) is 2.68. The van der Waals surface area contributed by atoms with E-state index in [4.69, 9.17) is 0 Å². The van der Waals surface area contributed by atoms with Crippen LogP contribution in [0.1, 0.15) is 38.4 Å². The minimum atomic E-state index is -1.17. The molecule has 1 aliphatic rings. The Morgan fingerprint density at radius 2 is 2.18 bits per heavy atom. The van der Waals surface area contributed by atoms with Crippen LogP contribution in [-0.4, -0.2) is 36.7 Å². The monoisotopic (exact) mass is 238 g/mol. The molecule has 1 fully saturated rings. The predicted molar refractivity (Wildman–Crippen MR) is 60.1 cm³/mol. The first-order chi connectivity index (χ1) is 7.99. The first kappa shape index (κ1) is 12.2. The van der Waals surface area contributed by atoms with E-state index in [9.17, 15) is 9.90 Å². The summed E-state index contributed by atoms with van der Waals surface area (Å²) in [6.45, 7) is 2.15. The molecule has 1 N–H and O–H groups in total. The number of carbonyl (C=O) groups excluding carboxylic acids is 1. The number of Topliss-reactive ketones (excluding diaryl/α,β-unsaturated/α-hetero) is 1. The first-order valence-corrected chi connectivity index (χ1v) is 5.98. The fourth-order valence-corrected chi connectivity index (χ4v) is 2.22. The van der Waals surface area contributed by atoms with Crippen molar-refractivity contribution in [2.24, 2.45) is 13.0 Å². The number of hydrogen-bond donors (Lipinski definition) is 1. The third kappa shape index (κ3) is 2.69. The van der Waals surface area contributed by atoms with Gasteiger partial charge in [0.25, 0.3) is 0 Å². The van der Waals surface area contributed by atoms with E-state index < -0.39 is 5.60 Å². The summed E-state index contributed by atoms with van der Waals surface area (Å²) in [5.74, 6) is 0.791. The molecule has 1 aliphatic carbocycles. The Hall–Kier alpha value is -1.30. The fourth-order valence-electron chi connectivity index (χ4n) is 2.22. The fraction of sp³-hybridized carbons (Fsp3) is 0.818. The van der Waals surface area contributed by atoms with Gasteiger partial charge in [0, 0.05) is 0 Å². The van der Waals surface area contributed by atoms with Gasteiger partial charge in [-0.2, -0.15) is 4.80 Å². The molecule has 0 spiro atoms. The standard InChI is InChI=1S/C11H18N4O2/c1-8-3-5-11(17,6-4-8)9(16)7-10-12-14-15(2)13-10/h8,17H,3-7H2,1-2H3. The van der Waals surface area contributed by atoms with E-state index in [1.54, 1.807) is 7.05 Å². The van der Waals surface area contributed by atoms with E-state index in [1.165, 1.54) is 4.80 Å². The lowest BCUT2D eigenvalue weighted by atomic mass is 9.76. The average molecular weight is 238 g/mol. The van der Waals surface area contributed by atoms with Gasteiger partial charge in [0.1, 0.15) is 5.60 Å². The zero-order valence-corrected chi connectivity index (χ0v) is 10.3. The maximum absolute atomic E-state index is 12.0. The first-order valence-electron chi connectivity index (χ1n) is 5.98. The van der Waals surface area contributed by atoms with Gasteiger partial charge in [-0.05, 0) is 36.8 Å². The van der Waals surface area contributed by atoms with E-state index in [1.807, 2.05) is 0 Å². The number of carbonyl (C=O) groups is 1. The quantitative estimate of drug-likeness (QED) is 0.817. The van der Waals surface area contributed by atoms with Crippen LogP contribution in [0.5, 0.6) is 0 Å². The van der Waals surface area contributed by atoms with Crippen molar-refractivity contribution in [2.45, 2.75) is 44.6 Å². The molecule has 0 bridgehead atoms. The number of hydrogen-bond acceptors (Lipinski definition) is 5. The van der Waals surface area contributed by atoms with Crippen molar-refractivity contribution in [3.05, 3.63) is 5.82 Å². The van der Waals surface area contributed by atoms with Crippen LogP contribution in [0.4, 0.5) is 0 Å². The molecule has 6 nitrogen and oxygen atoms in total. The minimum absolute atomic E-state index is 0.0682. The highest BCUT2D eigenvalue weighted by atomic mass is 16.3. The van der Waals surface area contributed by atoms with Crippen molar-refractivity contribution in [3.8, 4) is 0 Å². The molecular weight excluding hydrogens is 220 g/mol. The van der Waals surface area contributed by atoms with Gasteiger partial charge in [-0.25, -0.2) is 0 Å². The van der Waals surface area contributed by atoms with Gasteiger partial charge in [0.05, 0.1) is 13.5 Å². The molecular formula is C11H18N4O2. The molecule has 0 radical (unpaired) electrons. The van der Waals surface area contributed by atoms with Crippen LogP contribution >= 0.6 is 0 Å². The number of aliphatic hydroxyl groups is 1. The maximum Gasteiger partial charge on any atom is 0.182 e. The maximum atomic E-state index is 12.0. The normalized spacial score (nSPS) is 29.2. The van der Waals surface area contributed by atoms with E-state index in [-0.39, 0.29) is 12.2 Å². The molecule has 1 aromatic rings. The summed E-state index contributed by atoms with van der Waals surface area (Å²) in [6.07, 6.45) is 2.96. The van der Waals surface area contributed by atoms with Gasteiger partial charge < -0.3 is 5.11 Å². The Kier molecular flexibility index (Phi) is 3.24. The number of ketones is 1. The lowest BCUT2D eigenvalue weighted by molar-refractivity contribution is -0.140. The van der Waals surface area contributed by atoms with Gasteiger partial charge >= 0.3 is 0 Å². The van der Waals surface area contributed by atoms with Crippen molar-refractivity contribution in [2.75, 3.05) is 0 Å². The van der Waals surface area contributed by atoms with Gasteiger partial charge in [-0.1, -0.05) is 6.92 Å². The Balaban J connectivity index is 2.00. The summed E-state index contributed by atoms with van der Waals surface area (Å²) in [6, 6.07) is 0. The lowest BCUT2D eigenvalue weighted by Gasteiger charge is -2.33. The number of rotatable bonds is 3. The molecule has 17 heavy (non-hydrogen) atoms. The summed E-state index contributed by atoms with van der Waals surface area (Å²) in [5.41, 5.74) is -1.17. The molecule has 0 aliphatic heterocycles. The van der Waals surface area contributed by atoms with Crippen molar-refractivity contribution in [1.82, 2.24) is 20.2 Å². The van der Waals surface area contributed by atoms with Crippen LogP contribution in [0.3, 0.4) is 0 Å². The van der Waals surface area contributed by atoms with Gasteiger partial charge in [-0.15, -0.1) is 10.2 Å². The van der Waals surface area contributed by atoms with Crippen LogP contribution in [0.15, 0.2) is 0 Å². The molecule has 0 aromatic carbocycles. The molecule has 0 amide bonds. The SMILES string of the molecule is CC1CCC(O)(C(=O)Cc2nnn(C)n2)CC1. The second kappa shape index (κ2) is 4.52. The summed E-state index contributed by atoms with van der Waals surface area (Å²) in [4.78, 5) is 13.4. The number of aryl methyl sites for hydroxylation is 1. The number of aromatic nitrogens is 4. The highest BCUT2D eigenvalue weighted by molar-refractivity contribution is 5.88. The molecule has 0 unspecified atom stereocenters. The van der Waals surface area contributed by atoms with Gasteiger partial charge in [-0.3, -0.25) is 4.79 Å². The van der Waals surface area contributed by atoms with E-state index in [0.29, 0.717) is 24.6 Å². The van der Waals surface area contributed by atoms with Crippen molar-refractivity contribution >= 4 is 5.78 Å². The van der Waals surface area contributed by atoms with Crippen molar-refractivity contribution in [1.29, 1.82) is 0 Å². The zero-order chi connectivity index (χ0) is 12.5. The number of nitrogens with zero attached hydrogens (tertiary/aromatic N) is 4.